The van der Waals surface area contributed by atoms with Gasteiger partial charge in [0, 0.05) is 24.5 Å². The van der Waals surface area contributed by atoms with E-state index in [-0.39, 0.29) is 17.8 Å². The van der Waals surface area contributed by atoms with Gasteiger partial charge in [0.1, 0.15) is 0 Å². The maximum atomic E-state index is 12.4. The lowest BCUT2D eigenvalue weighted by molar-refractivity contribution is -0.146. The van der Waals surface area contributed by atoms with Crippen molar-refractivity contribution in [2.75, 3.05) is 13.7 Å². The third-order valence-electron chi connectivity index (χ3n) is 3.48. The summed E-state index contributed by atoms with van der Waals surface area (Å²) in [7, 11) is 1.36. The molecule has 0 aliphatic carbocycles. The lowest BCUT2D eigenvalue weighted by Crippen LogP contribution is -2.36. The summed E-state index contributed by atoms with van der Waals surface area (Å²) in [6, 6.07) is 7.39. The van der Waals surface area contributed by atoms with E-state index in [4.69, 9.17) is 16.3 Å². The number of hydrogen-bond donors (Lipinski definition) is 0. The second-order valence-electron chi connectivity index (χ2n) is 5.43. The van der Waals surface area contributed by atoms with Crippen LogP contribution < -0.4 is 0 Å². The van der Waals surface area contributed by atoms with Gasteiger partial charge in [-0.3, -0.25) is 9.59 Å². The molecule has 0 saturated carbocycles. The van der Waals surface area contributed by atoms with Gasteiger partial charge in [0.15, 0.2) is 0 Å². The minimum Gasteiger partial charge on any atom is -0.469 e. The second-order valence-corrected chi connectivity index (χ2v) is 5.86. The SMILES string of the molecule is CCCCC(=O)N(Cc1ccc(Cl)cc1)CC(C)C(=O)OC. The summed E-state index contributed by atoms with van der Waals surface area (Å²) in [6.45, 7) is 4.65. The molecule has 1 rings (SSSR count). The van der Waals surface area contributed by atoms with E-state index in [2.05, 4.69) is 0 Å². The van der Waals surface area contributed by atoms with Crippen molar-refractivity contribution in [3.8, 4) is 0 Å². The lowest BCUT2D eigenvalue weighted by atomic mass is 10.1. The molecular weight excluding hydrogens is 302 g/mol. The Morgan fingerprint density at radius 2 is 1.91 bits per heavy atom. The molecule has 1 atom stereocenters. The summed E-state index contributed by atoms with van der Waals surface area (Å²) in [5.41, 5.74) is 0.992. The fraction of sp³-hybridized carbons (Fsp3) is 0.529. The number of ether oxygens (including phenoxy) is 1. The summed E-state index contributed by atoms with van der Waals surface area (Å²) >= 11 is 5.88. The summed E-state index contributed by atoms with van der Waals surface area (Å²) in [5, 5.41) is 0.663. The first kappa shape index (κ1) is 18.5. The molecule has 22 heavy (non-hydrogen) atoms. The maximum absolute atomic E-state index is 12.4. The van der Waals surface area contributed by atoms with Gasteiger partial charge in [-0.15, -0.1) is 0 Å². The summed E-state index contributed by atoms with van der Waals surface area (Å²) in [5.74, 6) is -0.583. The molecule has 0 aliphatic rings. The highest BCUT2D eigenvalue weighted by Gasteiger charge is 2.21. The number of nitrogens with zero attached hydrogens (tertiary/aromatic N) is 1. The van der Waals surface area contributed by atoms with Gasteiger partial charge < -0.3 is 9.64 Å². The third-order valence-corrected chi connectivity index (χ3v) is 3.73. The Morgan fingerprint density at radius 1 is 1.27 bits per heavy atom. The zero-order chi connectivity index (χ0) is 16.5. The van der Waals surface area contributed by atoms with E-state index in [1.807, 2.05) is 19.1 Å². The van der Waals surface area contributed by atoms with E-state index in [0.29, 0.717) is 24.5 Å². The van der Waals surface area contributed by atoms with Crippen LogP contribution in [0.15, 0.2) is 24.3 Å². The molecule has 0 N–H and O–H groups in total. The van der Waals surface area contributed by atoms with Crippen molar-refractivity contribution in [2.24, 2.45) is 5.92 Å². The molecule has 1 amide bonds. The number of unbranched alkanes of at least 4 members (excludes halogenated alkanes) is 1. The molecule has 0 aromatic heterocycles. The van der Waals surface area contributed by atoms with Crippen LogP contribution in [0.4, 0.5) is 0 Å². The molecule has 1 unspecified atom stereocenters. The Morgan fingerprint density at radius 3 is 2.45 bits per heavy atom. The number of carbonyl (C=O) groups excluding carboxylic acids is 2. The van der Waals surface area contributed by atoms with Gasteiger partial charge >= 0.3 is 5.97 Å². The molecule has 5 heteroatoms. The Bertz CT molecular complexity index is 487. The van der Waals surface area contributed by atoms with E-state index < -0.39 is 0 Å². The number of esters is 1. The molecule has 0 spiro atoms. The molecular formula is C17H24ClNO3. The van der Waals surface area contributed by atoms with E-state index in [9.17, 15) is 9.59 Å². The molecule has 1 aromatic rings. The van der Waals surface area contributed by atoms with Crippen molar-refractivity contribution >= 4 is 23.5 Å². The van der Waals surface area contributed by atoms with Gasteiger partial charge in [-0.25, -0.2) is 0 Å². The Labute approximate surface area is 137 Å². The quantitative estimate of drug-likeness (QED) is 0.685. The van der Waals surface area contributed by atoms with Crippen molar-refractivity contribution in [3.05, 3.63) is 34.9 Å². The van der Waals surface area contributed by atoms with E-state index >= 15 is 0 Å². The second kappa shape index (κ2) is 9.46. The first-order valence-electron chi connectivity index (χ1n) is 7.58. The van der Waals surface area contributed by atoms with Crippen molar-refractivity contribution in [3.63, 3.8) is 0 Å². The number of carbonyl (C=O) groups is 2. The van der Waals surface area contributed by atoms with Crippen LogP contribution in [0.25, 0.3) is 0 Å². The number of amides is 1. The van der Waals surface area contributed by atoms with Gasteiger partial charge in [-0.05, 0) is 24.1 Å². The molecule has 0 saturated heterocycles. The lowest BCUT2D eigenvalue weighted by Gasteiger charge is -2.25. The fourth-order valence-electron chi connectivity index (χ4n) is 2.16. The maximum Gasteiger partial charge on any atom is 0.310 e. The van der Waals surface area contributed by atoms with Crippen LogP contribution in [-0.4, -0.2) is 30.4 Å². The van der Waals surface area contributed by atoms with E-state index in [1.165, 1.54) is 7.11 Å². The molecule has 122 valence electrons. The predicted octanol–water partition coefficient (Wildman–Crippen LogP) is 3.67. The third kappa shape index (κ3) is 6.06. The van der Waals surface area contributed by atoms with Crippen LogP contribution in [0.1, 0.15) is 38.7 Å². The van der Waals surface area contributed by atoms with Crippen molar-refractivity contribution in [1.29, 1.82) is 0 Å². The summed E-state index contributed by atoms with van der Waals surface area (Å²) in [4.78, 5) is 25.7. The first-order chi connectivity index (χ1) is 10.5. The monoisotopic (exact) mass is 325 g/mol. The van der Waals surface area contributed by atoms with Crippen LogP contribution >= 0.6 is 11.6 Å². The number of benzene rings is 1. The number of halogens is 1. The zero-order valence-corrected chi connectivity index (χ0v) is 14.2. The highest BCUT2D eigenvalue weighted by molar-refractivity contribution is 6.30. The number of methoxy groups -OCH3 is 1. The largest absolute Gasteiger partial charge is 0.469 e. The van der Waals surface area contributed by atoms with Crippen LogP contribution in [0.5, 0.6) is 0 Å². The van der Waals surface area contributed by atoms with Gasteiger partial charge in [-0.2, -0.15) is 0 Å². The van der Waals surface area contributed by atoms with Crippen LogP contribution in [0, 0.1) is 5.92 Å². The standard InChI is InChI=1S/C17H24ClNO3/c1-4-5-6-16(20)19(11-13(2)17(21)22-3)12-14-7-9-15(18)10-8-14/h7-10,13H,4-6,11-12H2,1-3H3. The zero-order valence-electron chi connectivity index (χ0n) is 13.5. The molecule has 4 nitrogen and oxygen atoms in total. The first-order valence-corrected chi connectivity index (χ1v) is 7.95. The predicted molar refractivity (Wildman–Crippen MR) is 87.6 cm³/mol. The normalized spacial score (nSPS) is 11.8. The van der Waals surface area contributed by atoms with Crippen molar-refractivity contribution in [2.45, 2.75) is 39.7 Å². The minimum atomic E-state index is -0.345. The molecule has 0 aliphatic heterocycles. The van der Waals surface area contributed by atoms with E-state index in [1.54, 1.807) is 24.0 Å². The molecule has 0 heterocycles. The highest BCUT2D eigenvalue weighted by Crippen LogP contribution is 2.14. The molecule has 0 radical (unpaired) electrons. The van der Waals surface area contributed by atoms with Gasteiger partial charge in [0.05, 0.1) is 13.0 Å². The fourth-order valence-corrected chi connectivity index (χ4v) is 2.28. The average Bonchev–Trinajstić information content (AvgIpc) is 2.52. The molecule has 1 aromatic carbocycles. The minimum absolute atomic E-state index is 0.0625. The Hall–Kier alpha value is -1.55. The van der Waals surface area contributed by atoms with Gasteiger partial charge in [0.25, 0.3) is 0 Å². The summed E-state index contributed by atoms with van der Waals surface area (Å²) in [6.07, 6.45) is 2.31. The summed E-state index contributed by atoms with van der Waals surface area (Å²) < 4.78 is 4.75. The van der Waals surface area contributed by atoms with E-state index in [0.717, 1.165) is 18.4 Å². The smallest absolute Gasteiger partial charge is 0.310 e. The van der Waals surface area contributed by atoms with Crippen molar-refractivity contribution < 1.29 is 14.3 Å². The van der Waals surface area contributed by atoms with Crippen LogP contribution in [0.2, 0.25) is 5.02 Å². The van der Waals surface area contributed by atoms with Gasteiger partial charge in [-0.1, -0.05) is 44.0 Å². The number of rotatable bonds is 8. The van der Waals surface area contributed by atoms with Crippen molar-refractivity contribution in [1.82, 2.24) is 4.90 Å². The highest BCUT2D eigenvalue weighted by atomic mass is 35.5. The number of hydrogen-bond acceptors (Lipinski definition) is 3. The Balaban J connectivity index is 2.78. The molecule has 0 bridgehead atoms. The molecule has 0 fully saturated rings. The van der Waals surface area contributed by atoms with Gasteiger partial charge in [0.2, 0.25) is 5.91 Å². The Kier molecular flexibility index (Phi) is 7.96. The van der Waals surface area contributed by atoms with Crippen LogP contribution in [-0.2, 0) is 20.9 Å². The average molecular weight is 326 g/mol. The van der Waals surface area contributed by atoms with Crippen LogP contribution in [0.3, 0.4) is 0 Å². The topological polar surface area (TPSA) is 46.6 Å².